The van der Waals surface area contributed by atoms with Crippen molar-refractivity contribution in [2.45, 2.75) is 123 Å². The molecule has 0 spiro atoms. The molecule has 0 aliphatic carbocycles. The molecule has 8 heteroatoms. The van der Waals surface area contributed by atoms with E-state index in [2.05, 4.69) is 88.4 Å². The summed E-state index contributed by atoms with van der Waals surface area (Å²) in [5.41, 5.74) is 5.74. The van der Waals surface area contributed by atoms with Gasteiger partial charge in [0.1, 0.15) is 5.60 Å². The Labute approximate surface area is 283 Å². The lowest BCUT2D eigenvalue weighted by Crippen LogP contribution is -2.68. The number of nitrogens with two attached hydrogens (primary N) is 1. The molecule has 2 N–H and O–H groups in total. The van der Waals surface area contributed by atoms with Crippen molar-refractivity contribution in [2.24, 2.45) is 17.1 Å². The van der Waals surface area contributed by atoms with Gasteiger partial charge in [-0.2, -0.15) is 0 Å². The van der Waals surface area contributed by atoms with Crippen molar-refractivity contribution < 1.29 is 28.2 Å². The van der Waals surface area contributed by atoms with Gasteiger partial charge in [0.05, 0.1) is 36.9 Å². The highest BCUT2D eigenvalue weighted by Crippen LogP contribution is 2.46. The molecule has 258 valence electrons. The van der Waals surface area contributed by atoms with Gasteiger partial charge in [0.25, 0.3) is 8.32 Å². The third-order valence-corrected chi connectivity index (χ3v) is 14.7. The number of fused-ring (bicyclic) bond motifs is 1. The monoisotopic (exact) mass is 663 g/mol. The summed E-state index contributed by atoms with van der Waals surface area (Å²) in [6.07, 6.45) is 5.95. The van der Waals surface area contributed by atoms with E-state index in [0.717, 1.165) is 32.1 Å². The maximum absolute atomic E-state index is 12.3. The number of carbonyl (C=O) groups excluding carboxylic acids is 2. The van der Waals surface area contributed by atoms with Crippen LogP contribution in [0.15, 0.2) is 72.4 Å². The zero-order valence-electron chi connectivity index (χ0n) is 29.8. The second-order valence-corrected chi connectivity index (χ2v) is 20.0. The van der Waals surface area contributed by atoms with Crippen molar-refractivity contribution in [3.05, 3.63) is 72.4 Å². The molecule has 0 bridgehead atoms. The molecular weight excluding hydrogens is 607 g/mol. The van der Waals surface area contributed by atoms with E-state index in [9.17, 15) is 9.59 Å². The molecule has 4 rings (SSSR count). The van der Waals surface area contributed by atoms with E-state index in [-0.39, 0.29) is 41.0 Å². The van der Waals surface area contributed by atoms with Crippen LogP contribution in [0.25, 0.3) is 0 Å². The fourth-order valence-electron chi connectivity index (χ4n) is 7.22. The first-order chi connectivity index (χ1) is 22.1. The van der Waals surface area contributed by atoms with Gasteiger partial charge in [-0.25, -0.2) is 0 Å². The highest BCUT2D eigenvalue weighted by molar-refractivity contribution is 6.99. The predicted molar refractivity (Wildman–Crippen MR) is 190 cm³/mol. The summed E-state index contributed by atoms with van der Waals surface area (Å²) in [6, 6.07) is 21.4. The topological polar surface area (TPSA) is 97.1 Å². The number of rotatable bonds is 13. The van der Waals surface area contributed by atoms with Crippen LogP contribution in [0.3, 0.4) is 0 Å². The van der Waals surface area contributed by atoms with Crippen molar-refractivity contribution >= 4 is 30.4 Å². The number of ether oxygens (including phenoxy) is 3. The van der Waals surface area contributed by atoms with E-state index < -0.39 is 19.3 Å². The summed E-state index contributed by atoms with van der Waals surface area (Å²) < 4.78 is 26.9. The van der Waals surface area contributed by atoms with Crippen LogP contribution in [-0.4, -0.2) is 57.2 Å². The van der Waals surface area contributed by atoms with Gasteiger partial charge in [-0.15, -0.1) is 0 Å². The van der Waals surface area contributed by atoms with Crippen LogP contribution in [-0.2, 0) is 28.2 Å². The molecule has 0 saturated carbocycles. The van der Waals surface area contributed by atoms with Gasteiger partial charge >= 0.3 is 5.97 Å². The number of hydrogen-bond donors (Lipinski definition) is 1. The first-order valence-corrected chi connectivity index (χ1v) is 19.2. The van der Waals surface area contributed by atoms with Gasteiger partial charge in [0, 0.05) is 12.1 Å². The standard InChI is InChI=1S/C39H57NO6Si/c1-28(34(40)25-29(2)41)24-30-21-22-35-39(46-30,26-31(45-35)16-15-23-43-36(42)37(3,4)5)27-44-47(38(6,7)8,32-17-11-9-12-18-32)33-19-13-10-14-20-33/h9-14,17-20,25,28,30-31,35H,15-16,21-24,26-27,40H2,1-8H3/b34-25-/t28-,30-,31+,35+,39-/m1/s1. The molecule has 0 aromatic heterocycles. The van der Waals surface area contributed by atoms with E-state index in [1.165, 1.54) is 23.4 Å². The van der Waals surface area contributed by atoms with Gasteiger partial charge in [0.2, 0.25) is 0 Å². The van der Waals surface area contributed by atoms with Crippen molar-refractivity contribution in [3.8, 4) is 0 Å². The average Bonchev–Trinajstić information content (AvgIpc) is 3.37. The van der Waals surface area contributed by atoms with Gasteiger partial charge in [-0.3, -0.25) is 9.59 Å². The lowest BCUT2D eigenvalue weighted by atomic mass is 9.84. The van der Waals surface area contributed by atoms with E-state index >= 15 is 0 Å². The van der Waals surface area contributed by atoms with Crippen LogP contribution in [0.5, 0.6) is 0 Å². The molecule has 2 aromatic carbocycles. The third kappa shape index (κ3) is 8.82. The Kier molecular flexibility index (Phi) is 12.0. The fourth-order valence-corrected chi connectivity index (χ4v) is 11.8. The molecule has 2 aromatic rings. The smallest absolute Gasteiger partial charge is 0.311 e. The molecule has 2 aliphatic heterocycles. The van der Waals surface area contributed by atoms with Crippen LogP contribution in [0.1, 0.15) is 93.9 Å². The van der Waals surface area contributed by atoms with Crippen molar-refractivity contribution in [1.82, 2.24) is 0 Å². The Morgan fingerprint density at radius 3 is 2.11 bits per heavy atom. The fraction of sp³-hybridized carbons (Fsp3) is 0.590. The zero-order chi connectivity index (χ0) is 34.5. The Morgan fingerprint density at radius 1 is 0.979 bits per heavy atom. The van der Waals surface area contributed by atoms with Gasteiger partial charge < -0.3 is 24.4 Å². The SMILES string of the molecule is CC(=O)/C=C(\N)[C@H](C)C[C@H]1CC[C@@H]2O[C@@H](CCCOC(=O)C(C)(C)C)C[C@]2(CO[Si](c2ccccc2)(c2ccccc2)C(C)(C)C)O1. The molecule has 7 nitrogen and oxygen atoms in total. The second-order valence-electron chi connectivity index (χ2n) is 15.7. The summed E-state index contributed by atoms with van der Waals surface area (Å²) in [5.74, 6) is -0.229. The predicted octanol–water partition coefficient (Wildman–Crippen LogP) is 6.47. The summed E-state index contributed by atoms with van der Waals surface area (Å²) in [6.45, 7) is 16.8. The molecule has 47 heavy (non-hydrogen) atoms. The molecule has 2 heterocycles. The third-order valence-electron chi connectivity index (χ3n) is 9.69. The zero-order valence-corrected chi connectivity index (χ0v) is 30.8. The lowest BCUT2D eigenvalue weighted by Gasteiger charge is -2.48. The number of ketones is 1. The summed E-state index contributed by atoms with van der Waals surface area (Å²) in [5, 5.41) is 2.28. The largest absolute Gasteiger partial charge is 0.465 e. The van der Waals surface area contributed by atoms with Crippen LogP contribution in [0, 0.1) is 11.3 Å². The van der Waals surface area contributed by atoms with Crippen LogP contribution in [0.4, 0.5) is 0 Å². The van der Waals surface area contributed by atoms with E-state index in [0.29, 0.717) is 25.3 Å². The van der Waals surface area contributed by atoms with Crippen LogP contribution in [0.2, 0.25) is 5.04 Å². The normalized spacial score (nSPS) is 24.4. The quantitative estimate of drug-likeness (QED) is 0.114. The van der Waals surface area contributed by atoms with E-state index in [1.54, 1.807) is 0 Å². The molecule has 0 unspecified atom stereocenters. The average molecular weight is 664 g/mol. The first kappa shape index (κ1) is 37.0. The van der Waals surface area contributed by atoms with Crippen molar-refractivity contribution in [1.29, 1.82) is 0 Å². The maximum Gasteiger partial charge on any atom is 0.311 e. The minimum absolute atomic E-state index is 0.00529. The second kappa shape index (κ2) is 15.2. The van der Waals surface area contributed by atoms with Crippen molar-refractivity contribution in [2.75, 3.05) is 13.2 Å². The summed E-state index contributed by atoms with van der Waals surface area (Å²) in [4.78, 5) is 24.1. The highest BCUT2D eigenvalue weighted by atomic mass is 28.4. The van der Waals surface area contributed by atoms with Crippen molar-refractivity contribution in [3.63, 3.8) is 0 Å². The Hall–Kier alpha value is -2.78. The Balaban J connectivity index is 1.63. The molecular formula is C39H57NO6Si. The lowest BCUT2D eigenvalue weighted by molar-refractivity contribution is -0.183. The number of carbonyl (C=O) groups is 2. The molecule has 2 aliphatic rings. The van der Waals surface area contributed by atoms with Crippen LogP contribution >= 0.6 is 0 Å². The van der Waals surface area contributed by atoms with Crippen LogP contribution < -0.4 is 16.1 Å². The first-order valence-electron chi connectivity index (χ1n) is 17.3. The van der Waals surface area contributed by atoms with E-state index in [1.807, 2.05) is 20.8 Å². The minimum Gasteiger partial charge on any atom is -0.465 e. The molecule has 0 amide bonds. The van der Waals surface area contributed by atoms with Gasteiger partial charge in [-0.05, 0) is 87.2 Å². The van der Waals surface area contributed by atoms with E-state index in [4.69, 9.17) is 24.4 Å². The molecule has 2 fully saturated rings. The number of benzene rings is 2. The molecule has 2 saturated heterocycles. The summed E-state index contributed by atoms with van der Waals surface area (Å²) in [7, 11) is -2.83. The Bertz CT molecular complexity index is 1330. The van der Waals surface area contributed by atoms with Gasteiger partial charge in [0.15, 0.2) is 5.78 Å². The number of allylic oxidation sites excluding steroid dienone is 2. The summed E-state index contributed by atoms with van der Waals surface area (Å²) >= 11 is 0. The number of esters is 1. The minimum atomic E-state index is -2.83. The number of hydrogen-bond acceptors (Lipinski definition) is 7. The van der Waals surface area contributed by atoms with Gasteiger partial charge in [-0.1, -0.05) is 88.4 Å². The maximum atomic E-state index is 12.3. The molecule has 5 atom stereocenters. The Morgan fingerprint density at radius 2 is 1.57 bits per heavy atom. The molecule has 0 radical (unpaired) electrons. The highest BCUT2D eigenvalue weighted by Gasteiger charge is 2.57.